The molecule has 1 aliphatic rings. The van der Waals surface area contributed by atoms with Gasteiger partial charge in [-0.3, -0.25) is 4.99 Å². The van der Waals surface area contributed by atoms with E-state index in [1.54, 1.807) is 24.4 Å². The summed E-state index contributed by atoms with van der Waals surface area (Å²) >= 11 is 0. The Labute approximate surface area is 135 Å². The Balaban J connectivity index is 1.89. The van der Waals surface area contributed by atoms with E-state index in [9.17, 15) is 0 Å². The van der Waals surface area contributed by atoms with Gasteiger partial charge in [0.2, 0.25) is 5.89 Å². The van der Waals surface area contributed by atoms with E-state index in [-0.39, 0.29) is 5.92 Å². The van der Waals surface area contributed by atoms with Crippen molar-refractivity contribution in [3.63, 3.8) is 0 Å². The summed E-state index contributed by atoms with van der Waals surface area (Å²) in [7, 11) is 0. The molecule has 23 heavy (non-hydrogen) atoms. The average Bonchev–Trinajstić information content (AvgIpc) is 3.03. The van der Waals surface area contributed by atoms with Crippen LogP contribution in [0.3, 0.4) is 0 Å². The zero-order chi connectivity index (χ0) is 16.2. The number of benzene rings is 1. The molecule has 0 aliphatic heterocycles. The third kappa shape index (κ3) is 3.00. The van der Waals surface area contributed by atoms with E-state index in [0.717, 1.165) is 42.0 Å². The summed E-state index contributed by atoms with van der Waals surface area (Å²) in [5.41, 5.74) is 3.37. The predicted octanol–water partition coefficient (Wildman–Crippen LogP) is 4.09. The summed E-state index contributed by atoms with van der Waals surface area (Å²) < 4.78 is 5.96. The van der Waals surface area contributed by atoms with Crippen LogP contribution in [-0.2, 0) is 12.8 Å². The summed E-state index contributed by atoms with van der Waals surface area (Å²) in [5.74, 6) is 1.76. The Bertz CT molecular complexity index is 823. The van der Waals surface area contributed by atoms with Gasteiger partial charge in [0.15, 0.2) is 0 Å². The molecule has 0 amide bonds. The number of aryl methyl sites for hydroxylation is 1. The van der Waals surface area contributed by atoms with Gasteiger partial charge in [0.25, 0.3) is 0 Å². The summed E-state index contributed by atoms with van der Waals surface area (Å²) in [4.78, 5) is 8.89. The lowest BCUT2D eigenvalue weighted by atomic mass is 9.86. The Morgan fingerprint density at radius 1 is 1.43 bits per heavy atom. The standard InChI is InChI=1S/C19H17N3O/c1-3-16(21-4-2)14-8-9-17-18(11-14)23-19(22-17)15-7-5-6-13(10-15)12-20/h3-7,10,14H,1-2,8-9,11H2. The van der Waals surface area contributed by atoms with E-state index in [4.69, 9.17) is 9.68 Å². The third-order valence-corrected chi connectivity index (χ3v) is 4.05. The van der Waals surface area contributed by atoms with Gasteiger partial charge in [-0.05, 0) is 37.1 Å². The van der Waals surface area contributed by atoms with Crippen molar-refractivity contribution >= 4 is 5.71 Å². The Hall–Kier alpha value is -2.93. The highest BCUT2D eigenvalue weighted by Gasteiger charge is 2.26. The fraction of sp³-hybridized carbons (Fsp3) is 0.211. The lowest BCUT2D eigenvalue weighted by Gasteiger charge is -2.19. The van der Waals surface area contributed by atoms with Crippen LogP contribution in [0.25, 0.3) is 11.5 Å². The van der Waals surface area contributed by atoms with Crippen molar-refractivity contribution in [3.05, 3.63) is 66.7 Å². The molecule has 0 bridgehead atoms. The molecule has 0 N–H and O–H groups in total. The second-order valence-corrected chi connectivity index (χ2v) is 5.46. The fourth-order valence-corrected chi connectivity index (χ4v) is 2.90. The number of hydrogen-bond donors (Lipinski definition) is 0. The molecule has 0 saturated carbocycles. The molecule has 1 aromatic carbocycles. The summed E-state index contributed by atoms with van der Waals surface area (Å²) in [5, 5.41) is 9.01. The number of oxazole rings is 1. The van der Waals surface area contributed by atoms with Crippen LogP contribution in [0, 0.1) is 17.2 Å². The van der Waals surface area contributed by atoms with Crippen molar-refractivity contribution < 1.29 is 4.42 Å². The molecule has 3 rings (SSSR count). The molecule has 2 aromatic rings. The molecule has 0 saturated heterocycles. The first-order valence-electron chi connectivity index (χ1n) is 7.55. The molecule has 0 radical (unpaired) electrons. The number of rotatable bonds is 4. The number of fused-ring (bicyclic) bond motifs is 1. The molecule has 1 heterocycles. The molecule has 1 aliphatic carbocycles. The maximum Gasteiger partial charge on any atom is 0.226 e. The van der Waals surface area contributed by atoms with Gasteiger partial charge in [0.1, 0.15) is 5.76 Å². The number of nitriles is 1. The number of aromatic nitrogens is 1. The van der Waals surface area contributed by atoms with Gasteiger partial charge < -0.3 is 4.42 Å². The van der Waals surface area contributed by atoms with Crippen LogP contribution in [-0.4, -0.2) is 10.7 Å². The summed E-state index contributed by atoms with van der Waals surface area (Å²) in [6.45, 7) is 7.48. The largest absolute Gasteiger partial charge is 0.441 e. The monoisotopic (exact) mass is 303 g/mol. The molecule has 114 valence electrons. The Kier molecular flexibility index (Phi) is 4.20. The Morgan fingerprint density at radius 3 is 3.04 bits per heavy atom. The van der Waals surface area contributed by atoms with Crippen molar-refractivity contribution in [2.75, 3.05) is 0 Å². The van der Waals surface area contributed by atoms with Crippen LogP contribution in [0.4, 0.5) is 0 Å². The first-order valence-corrected chi connectivity index (χ1v) is 7.55. The molecule has 0 fully saturated rings. The Morgan fingerprint density at radius 2 is 2.30 bits per heavy atom. The topological polar surface area (TPSA) is 62.2 Å². The molecular formula is C19H17N3O. The smallest absolute Gasteiger partial charge is 0.226 e. The second-order valence-electron chi connectivity index (χ2n) is 5.46. The van der Waals surface area contributed by atoms with Gasteiger partial charge in [-0.25, -0.2) is 4.98 Å². The van der Waals surface area contributed by atoms with E-state index < -0.39 is 0 Å². The van der Waals surface area contributed by atoms with Crippen molar-refractivity contribution in [1.82, 2.24) is 4.98 Å². The van der Waals surface area contributed by atoms with Crippen molar-refractivity contribution in [3.8, 4) is 17.5 Å². The second kappa shape index (κ2) is 6.45. The van der Waals surface area contributed by atoms with Crippen molar-refractivity contribution in [2.45, 2.75) is 19.3 Å². The van der Waals surface area contributed by atoms with Crippen LogP contribution >= 0.6 is 0 Å². The number of nitrogens with zero attached hydrogens (tertiary/aromatic N) is 3. The van der Waals surface area contributed by atoms with Gasteiger partial charge in [0.05, 0.1) is 17.3 Å². The van der Waals surface area contributed by atoms with Crippen LogP contribution in [0.1, 0.15) is 23.4 Å². The molecule has 1 atom stereocenters. The summed E-state index contributed by atoms with van der Waals surface area (Å²) in [6, 6.07) is 9.45. The van der Waals surface area contributed by atoms with E-state index in [1.165, 1.54) is 0 Å². The minimum Gasteiger partial charge on any atom is -0.441 e. The highest BCUT2D eigenvalue weighted by atomic mass is 16.4. The average molecular weight is 303 g/mol. The van der Waals surface area contributed by atoms with Gasteiger partial charge in [-0.15, -0.1) is 0 Å². The molecule has 1 aromatic heterocycles. The zero-order valence-electron chi connectivity index (χ0n) is 12.8. The van der Waals surface area contributed by atoms with Crippen LogP contribution in [0.5, 0.6) is 0 Å². The van der Waals surface area contributed by atoms with Gasteiger partial charge in [-0.2, -0.15) is 5.26 Å². The molecule has 0 spiro atoms. The SMILES string of the molecule is C=CN=C(C=C)C1CCc2nc(-c3cccc(C#N)c3)oc2C1. The first kappa shape index (κ1) is 15.0. The van der Waals surface area contributed by atoms with E-state index >= 15 is 0 Å². The highest BCUT2D eigenvalue weighted by molar-refractivity contribution is 5.97. The maximum absolute atomic E-state index is 9.01. The number of hydrogen-bond acceptors (Lipinski definition) is 4. The van der Waals surface area contributed by atoms with Crippen LogP contribution in [0.2, 0.25) is 0 Å². The lowest BCUT2D eigenvalue weighted by Crippen LogP contribution is -2.20. The quantitative estimate of drug-likeness (QED) is 0.799. The number of allylic oxidation sites excluding steroid dienone is 1. The van der Waals surface area contributed by atoms with Gasteiger partial charge in [0, 0.05) is 29.8 Å². The van der Waals surface area contributed by atoms with E-state index in [2.05, 4.69) is 29.2 Å². The lowest BCUT2D eigenvalue weighted by molar-refractivity contribution is 0.456. The number of aliphatic imine (C=N–C) groups is 1. The van der Waals surface area contributed by atoms with E-state index in [0.29, 0.717) is 11.5 Å². The predicted molar refractivity (Wildman–Crippen MR) is 90.0 cm³/mol. The van der Waals surface area contributed by atoms with Crippen molar-refractivity contribution in [1.29, 1.82) is 5.26 Å². The van der Waals surface area contributed by atoms with Gasteiger partial charge >= 0.3 is 0 Å². The van der Waals surface area contributed by atoms with Crippen molar-refractivity contribution in [2.24, 2.45) is 10.9 Å². The minimum absolute atomic E-state index is 0.282. The maximum atomic E-state index is 9.01. The zero-order valence-corrected chi connectivity index (χ0v) is 12.8. The summed E-state index contributed by atoms with van der Waals surface area (Å²) in [6.07, 6.45) is 5.91. The molecule has 1 unspecified atom stereocenters. The third-order valence-electron chi connectivity index (χ3n) is 4.05. The van der Waals surface area contributed by atoms with Crippen LogP contribution < -0.4 is 0 Å². The first-order chi connectivity index (χ1) is 11.2. The molecule has 4 nitrogen and oxygen atoms in total. The fourth-order valence-electron chi connectivity index (χ4n) is 2.90. The van der Waals surface area contributed by atoms with E-state index in [1.807, 2.05) is 12.1 Å². The molecular weight excluding hydrogens is 286 g/mol. The molecule has 4 heteroatoms. The highest BCUT2D eigenvalue weighted by Crippen LogP contribution is 2.31. The van der Waals surface area contributed by atoms with Gasteiger partial charge in [-0.1, -0.05) is 19.2 Å². The van der Waals surface area contributed by atoms with Crippen LogP contribution in [0.15, 0.2) is 59.1 Å². The normalized spacial score (nSPS) is 17.2. The minimum atomic E-state index is 0.282.